The van der Waals surface area contributed by atoms with Crippen LogP contribution in [0.2, 0.25) is 0 Å². The van der Waals surface area contributed by atoms with E-state index in [4.69, 9.17) is 23.2 Å². The van der Waals surface area contributed by atoms with Gasteiger partial charge in [0.15, 0.2) is 0 Å². The largest absolute Gasteiger partial charge is 0.122 e. The maximum Gasteiger partial charge on any atom is 0.0657 e. The van der Waals surface area contributed by atoms with Crippen molar-refractivity contribution in [1.82, 2.24) is 0 Å². The predicted octanol–water partition coefficient (Wildman–Crippen LogP) is 5.21. The lowest BCUT2D eigenvalue weighted by molar-refractivity contribution is 0.541. The minimum absolute atomic E-state index is 0.0334. The van der Waals surface area contributed by atoms with Gasteiger partial charge in [-0.1, -0.05) is 48.5 Å². The normalized spacial score (nSPS) is 31.5. The van der Waals surface area contributed by atoms with E-state index in [9.17, 15) is 0 Å². The van der Waals surface area contributed by atoms with Crippen LogP contribution in [0.25, 0.3) is 0 Å². The lowest BCUT2D eigenvalue weighted by atomic mass is 9.76. The van der Waals surface area contributed by atoms with Crippen LogP contribution >= 0.6 is 23.2 Å². The van der Waals surface area contributed by atoms with Crippen LogP contribution < -0.4 is 0 Å². The molecular formula is C17H14Cl2. The third-order valence-corrected chi connectivity index (χ3v) is 5.52. The third-order valence-electron chi connectivity index (χ3n) is 4.55. The van der Waals surface area contributed by atoms with E-state index < -0.39 is 0 Å². The maximum absolute atomic E-state index is 6.78. The van der Waals surface area contributed by atoms with Crippen LogP contribution in [0.1, 0.15) is 45.9 Å². The third kappa shape index (κ3) is 1.60. The van der Waals surface area contributed by atoms with Gasteiger partial charge in [0.25, 0.3) is 0 Å². The zero-order valence-electron chi connectivity index (χ0n) is 10.4. The SMILES string of the molecule is Cl[C@H]1C[C@H]2c3ccccc3[C@H]1c1ccccc1[C@@H]2Cl. The number of hydrogen-bond acceptors (Lipinski definition) is 0. The molecule has 0 amide bonds. The molecule has 0 heterocycles. The van der Waals surface area contributed by atoms with E-state index in [-0.39, 0.29) is 16.7 Å². The summed E-state index contributed by atoms with van der Waals surface area (Å²) in [5, 5.41) is 0.177. The molecule has 2 heteroatoms. The zero-order valence-corrected chi connectivity index (χ0v) is 11.9. The van der Waals surface area contributed by atoms with E-state index in [1.165, 1.54) is 22.3 Å². The van der Waals surface area contributed by atoms with Crippen LogP contribution in [-0.4, -0.2) is 5.38 Å². The molecule has 0 unspecified atom stereocenters. The van der Waals surface area contributed by atoms with Gasteiger partial charge in [0, 0.05) is 17.2 Å². The fourth-order valence-corrected chi connectivity index (χ4v) is 4.63. The first-order chi connectivity index (χ1) is 9.27. The Kier molecular flexibility index (Phi) is 2.65. The summed E-state index contributed by atoms with van der Waals surface area (Å²) in [5.41, 5.74) is 5.34. The fraction of sp³-hybridized carbons (Fsp3) is 0.294. The molecular weight excluding hydrogens is 275 g/mol. The molecule has 2 bridgehead atoms. The fourth-order valence-electron chi connectivity index (χ4n) is 3.73. The van der Waals surface area contributed by atoms with E-state index in [0.717, 1.165) is 6.42 Å². The van der Waals surface area contributed by atoms with Gasteiger partial charge in [0.1, 0.15) is 0 Å². The first-order valence-electron chi connectivity index (χ1n) is 6.73. The van der Waals surface area contributed by atoms with Gasteiger partial charge in [-0.2, -0.15) is 0 Å². The van der Waals surface area contributed by atoms with Gasteiger partial charge in [-0.15, -0.1) is 23.2 Å². The lowest BCUT2D eigenvalue weighted by Gasteiger charge is -2.32. The van der Waals surface area contributed by atoms with Gasteiger partial charge in [0.2, 0.25) is 0 Å². The highest BCUT2D eigenvalue weighted by Gasteiger charge is 2.43. The Bertz CT molecular complexity index is 629. The summed E-state index contributed by atoms with van der Waals surface area (Å²) in [6.07, 6.45) is 0.964. The molecule has 4 atom stereocenters. The second-order valence-corrected chi connectivity index (χ2v) is 6.53. The Morgan fingerprint density at radius 3 is 1.95 bits per heavy atom. The molecule has 3 aliphatic carbocycles. The summed E-state index contributed by atoms with van der Waals surface area (Å²) >= 11 is 13.5. The topological polar surface area (TPSA) is 0 Å². The Morgan fingerprint density at radius 2 is 1.26 bits per heavy atom. The van der Waals surface area contributed by atoms with E-state index in [2.05, 4.69) is 48.5 Å². The standard InChI is InChI=1S/C17H14Cl2/c18-15-9-14-10-5-1-2-6-11(10)16(15)12-7-3-4-8-13(12)17(14)19/h1-8,14-17H,9H2/t14-,15-,16-,17-/m0/s1. The van der Waals surface area contributed by atoms with Crippen molar-refractivity contribution < 1.29 is 0 Å². The number of fused-ring (bicyclic) bond motifs is 1. The number of alkyl halides is 2. The molecule has 5 rings (SSSR count). The molecule has 2 aromatic carbocycles. The number of benzene rings is 2. The second-order valence-electron chi connectivity index (χ2n) is 5.50. The summed E-state index contributed by atoms with van der Waals surface area (Å²) in [5.74, 6) is 0.620. The quantitative estimate of drug-likeness (QED) is 0.584. The van der Waals surface area contributed by atoms with Gasteiger partial charge >= 0.3 is 0 Å². The molecule has 0 aromatic heterocycles. The Labute approximate surface area is 123 Å². The summed E-state index contributed by atoms with van der Waals surface area (Å²) in [6.45, 7) is 0. The van der Waals surface area contributed by atoms with E-state index >= 15 is 0 Å². The highest BCUT2D eigenvalue weighted by Crippen LogP contribution is 2.56. The first-order valence-corrected chi connectivity index (χ1v) is 7.60. The zero-order chi connectivity index (χ0) is 13.0. The Hall–Kier alpha value is -0.980. The summed E-state index contributed by atoms with van der Waals surface area (Å²) in [6, 6.07) is 17.2. The number of rotatable bonds is 0. The number of halogens is 2. The maximum atomic E-state index is 6.78. The van der Waals surface area contributed by atoms with Crippen LogP contribution in [0.3, 0.4) is 0 Å². The smallest absolute Gasteiger partial charge is 0.0657 e. The highest BCUT2D eigenvalue weighted by atomic mass is 35.5. The Morgan fingerprint density at radius 1 is 0.737 bits per heavy atom. The van der Waals surface area contributed by atoms with Crippen LogP contribution in [0, 0.1) is 0 Å². The van der Waals surface area contributed by atoms with Gasteiger partial charge < -0.3 is 0 Å². The summed E-state index contributed by atoms with van der Waals surface area (Å²) in [4.78, 5) is 0. The molecule has 0 spiro atoms. The van der Waals surface area contributed by atoms with Crippen LogP contribution in [-0.2, 0) is 0 Å². The summed E-state index contributed by atoms with van der Waals surface area (Å²) in [7, 11) is 0. The van der Waals surface area contributed by atoms with Gasteiger partial charge in [-0.05, 0) is 28.7 Å². The molecule has 0 nitrogen and oxygen atoms in total. The molecule has 0 N–H and O–H groups in total. The molecule has 0 saturated heterocycles. The van der Waals surface area contributed by atoms with Crippen molar-refractivity contribution >= 4 is 23.2 Å². The van der Waals surface area contributed by atoms with Crippen molar-refractivity contribution in [3.05, 3.63) is 70.8 Å². The monoisotopic (exact) mass is 288 g/mol. The molecule has 0 saturated carbocycles. The second kappa shape index (κ2) is 4.26. The lowest BCUT2D eigenvalue weighted by Crippen LogP contribution is -2.23. The highest BCUT2D eigenvalue weighted by molar-refractivity contribution is 6.23. The molecule has 0 fully saturated rings. The molecule has 0 aliphatic heterocycles. The molecule has 96 valence electrons. The minimum atomic E-state index is 0.0334. The van der Waals surface area contributed by atoms with Crippen molar-refractivity contribution in [3.63, 3.8) is 0 Å². The average Bonchev–Trinajstić information content (AvgIpc) is 2.62. The molecule has 3 aliphatic rings. The molecule has 0 radical (unpaired) electrons. The molecule has 2 aromatic rings. The van der Waals surface area contributed by atoms with Crippen molar-refractivity contribution in [2.75, 3.05) is 0 Å². The van der Waals surface area contributed by atoms with E-state index in [0.29, 0.717) is 5.92 Å². The van der Waals surface area contributed by atoms with E-state index in [1.807, 2.05) is 0 Å². The van der Waals surface area contributed by atoms with Gasteiger partial charge in [-0.3, -0.25) is 0 Å². The first kappa shape index (κ1) is 11.8. The van der Waals surface area contributed by atoms with E-state index in [1.54, 1.807) is 0 Å². The van der Waals surface area contributed by atoms with Crippen molar-refractivity contribution in [2.24, 2.45) is 0 Å². The van der Waals surface area contributed by atoms with Crippen molar-refractivity contribution in [2.45, 2.75) is 29.0 Å². The number of hydrogen-bond donors (Lipinski definition) is 0. The van der Waals surface area contributed by atoms with Crippen LogP contribution in [0.4, 0.5) is 0 Å². The van der Waals surface area contributed by atoms with Crippen LogP contribution in [0.5, 0.6) is 0 Å². The minimum Gasteiger partial charge on any atom is -0.122 e. The van der Waals surface area contributed by atoms with Gasteiger partial charge in [0.05, 0.1) is 5.38 Å². The van der Waals surface area contributed by atoms with Gasteiger partial charge in [-0.25, -0.2) is 0 Å². The predicted molar refractivity (Wildman–Crippen MR) is 80.3 cm³/mol. The van der Waals surface area contributed by atoms with Crippen LogP contribution in [0.15, 0.2) is 48.5 Å². The average molecular weight is 289 g/mol. The van der Waals surface area contributed by atoms with Crippen molar-refractivity contribution in [1.29, 1.82) is 0 Å². The Balaban J connectivity index is 2.05. The summed E-state index contributed by atoms with van der Waals surface area (Å²) < 4.78 is 0. The van der Waals surface area contributed by atoms with Crippen molar-refractivity contribution in [3.8, 4) is 0 Å². The molecule has 19 heavy (non-hydrogen) atoms.